The molecule has 2 aromatic heterocycles. The van der Waals surface area contributed by atoms with Crippen molar-refractivity contribution in [1.29, 1.82) is 0 Å². The van der Waals surface area contributed by atoms with Crippen molar-refractivity contribution < 1.29 is 0 Å². The van der Waals surface area contributed by atoms with Crippen molar-refractivity contribution in [1.82, 2.24) is 19.7 Å². The first-order valence-electron chi connectivity index (χ1n) is 6.36. The topological polar surface area (TPSA) is 55.6 Å². The monoisotopic (exact) mass is 245 g/mol. The van der Waals surface area contributed by atoms with Crippen LogP contribution in [-0.2, 0) is 13.0 Å². The van der Waals surface area contributed by atoms with Gasteiger partial charge in [0, 0.05) is 31.5 Å². The summed E-state index contributed by atoms with van der Waals surface area (Å²) >= 11 is 0. The predicted molar refractivity (Wildman–Crippen MR) is 72.5 cm³/mol. The highest BCUT2D eigenvalue weighted by Gasteiger charge is 2.10. The third-order valence-electron chi connectivity index (χ3n) is 2.79. The van der Waals surface area contributed by atoms with Gasteiger partial charge in [-0.25, -0.2) is 9.97 Å². The van der Waals surface area contributed by atoms with E-state index in [0.29, 0.717) is 0 Å². The molecule has 0 fully saturated rings. The molecular weight excluding hydrogens is 226 g/mol. The standard InChI is InChI=1S/C13H19N5/c1-4-6-10-9-12(14-3)17-13(16-10)11-7-8-15-18(11)5-2/h7-9H,4-6H2,1-3H3,(H,14,16,17). The molecule has 0 atom stereocenters. The number of aryl methyl sites for hydroxylation is 2. The maximum Gasteiger partial charge on any atom is 0.180 e. The molecule has 0 bridgehead atoms. The van der Waals surface area contributed by atoms with Crippen molar-refractivity contribution in [3.8, 4) is 11.5 Å². The van der Waals surface area contributed by atoms with Crippen LogP contribution in [0, 0.1) is 0 Å². The first-order valence-corrected chi connectivity index (χ1v) is 6.36. The normalized spacial score (nSPS) is 10.6. The second kappa shape index (κ2) is 5.62. The van der Waals surface area contributed by atoms with E-state index in [0.717, 1.165) is 42.4 Å². The summed E-state index contributed by atoms with van der Waals surface area (Å²) in [5.74, 6) is 1.59. The summed E-state index contributed by atoms with van der Waals surface area (Å²) in [5.41, 5.74) is 2.03. The van der Waals surface area contributed by atoms with Crippen molar-refractivity contribution >= 4 is 5.82 Å². The Hall–Kier alpha value is -1.91. The Morgan fingerprint density at radius 1 is 1.28 bits per heavy atom. The van der Waals surface area contributed by atoms with Crippen LogP contribution in [0.15, 0.2) is 18.3 Å². The molecule has 0 aromatic carbocycles. The van der Waals surface area contributed by atoms with E-state index >= 15 is 0 Å². The van der Waals surface area contributed by atoms with Gasteiger partial charge in [0.1, 0.15) is 11.5 Å². The molecule has 18 heavy (non-hydrogen) atoms. The lowest BCUT2D eigenvalue weighted by molar-refractivity contribution is 0.663. The number of nitrogens with one attached hydrogen (secondary N) is 1. The first-order chi connectivity index (χ1) is 8.78. The average Bonchev–Trinajstić information content (AvgIpc) is 2.87. The van der Waals surface area contributed by atoms with Gasteiger partial charge in [-0.05, 0) is 19.4 Å². The van der Waals surface area contributed by atoms with E-state index in [1.165, 1.54) is 0 Å². The lowest BCUT2D eigenvalue weighted by Crippen LogP contribution is -2.05. The summed E-state index contributed by atoms with van der Waals surface area (Å²) in [5, 5.41) is 7.34. The smallest absolute Gasteiger partial charge is 0.180 e. The van der Waals surface area contributed by atoms with Crippen LogP contribution < -0.4 is 5.32 Å². The van der Waals surface area contributed by atoms with E-state index in [2.05, 4.69) is 34.2 Å². The quantitative estimate of drug-likeness (QED) is 0.878. The fourth-order valence-corrected chi connectivity index (χ4v) is 1.90. The zero-order valence-corrected chi connectivity index (χ0v) is 11.1. The minimum absolute atomic E-state index is 0.740. The maximum atomic E-state index is 4.61. The Labute approximate surface area is 107 Å². The number of anilines is 1. The summed E-state index contributed by atoms with van der Waals surface area (Å²) in [6.07, 6.45) is 3.82. The number of hydrogen-bond acceptors (Lipinski definition) is 4. The predicted octanol–water partition coefficient (Wildman–Crippen LogP) is 2.35. The van der Waals surface area contributed by atoms with Crippen molar-refractivity contribution in [3.05, 3.63) is 24.0 Å². The van der Waals surface area contributed by atoms with E-state index in [4.69, 9.17) is 0 Å². The Balaban J connectivity index is 2.46. The van der Waals surface area contributed by atoms with E-state index in [1.807, 2.05) is 23.9 Å². The third kappa shape index (κ3) is 2.50. The SMILES string of the molecule is CCCc1cc(NC)nc(-c2ccnn2CC)n1. The lowest BCUT2D eigenvalue weighted by atomic mass is 10.2. The van der Waals surface area contributed by atoms with Gasteiger partial charge in [-0.3, -0.25) is 4.68 Å². The van der Waals surface area contributed by atoms with Crippen LogP contribution in [0.25, 0.3) is 11.5 Å². The van der Waals surface area contributed by atoms with Gasteiger partial charge in [-0.1, -0.05) is 13.3 Å². The van der Waals surface area contributed by atoms with Crippen LogP contribution in [0.5, 0.6) is 0 Å². The van der Waals surface area contributed by atoms with Gasteiger partial charge >= 0.3 is 0 Å². The Kier molecular flexibility index (Phi) is 3.92. The Morgan fingerprint density at radius 3 is 2.78 bits per heavy atom. The van der Waals surface area contributed by atoms with Crippen LogP contribution in [0.3, 0.4) is 0 Å². The first kappa shape index (κ1) is 12.5. The molecule has 5 nitrogen and oxygen atoms in total. The third-order valence-corrected chi connectivity index (χ3v) is 2.79. The highest BCUT2D eigenvalue weighted by Crippen LogP contribution is 2.18. The van der Waals surface area contributed by atoms with Crippen LogP contribution in [0.1, 0.15) is 26.0 Å². The zero-order valence-electron chi connectivity index (χ0n) is 11.1. The summed E-state index contributed by atoms with van der Waals surface area (Å²) < 4.78 is 1.91. The molecule has 0 aliphatic carbocycles. The minimum Gasteiger partial charge on any atom is -0.373 e. The molecule has 0 unspecified atom stereocenters. The van der Waals surface area contributed by atoms with Gasteiger partial charge in [-0.15, -0.1) is 0 Å². The largest absolute Gasteiger partial charge is 0.373 e. The van der Waals surface area contributed by atoms with Crippen molar-refractivity contribution in [2.75, 3.05) is 12.4 Å². The molecule has 0 radical (unpaired) electrons. The highest BCUT2D eigenvalue weighted by molar-refractivity contribution is 5.53. The van der Waals surface area contributed by atoms with Gasteiger partial charge < -0.3 is 5.32 Å². The molecule has 0 saturated heterocycles. The van der Waals surface area contributed by atoms with E-state index in [-0.39, 0.29) is 0 Å². The molecule has 2 aromatic rings. The van der Waals surface area contributed by atoms with E-state index < -0.39 is 0 Å². The van der Waals surface area contributed by atoms with Crippen molar-refractivity contribution in [2.24, 2.45) is 0 Å². The maximum absolute atomic E-state index is 4.61. The van der Waals surface area contributed by atoms with Gasteiger partial charge in [0.15, 0.2) is 5.82 Å². The fourth-order valence-electron chi connectivity index (χ4n) is 1.90. The second-order valence-electron chi connectivity index (χ2n) is 4.10. The van der Waals surface area contributed by atoms with Crippen molar-refractivity contribution in [3.63, 3.8) is 0 Å². The molecule has 2 heterocycles. The van der Waals surface area contributed by atoms with Crippen LogP contribution >= 0.6 is 0 Å². The molecule has 0 spiro atoms. The molecule has 0 amide bonds. The lowest BCUT2D eigenvalue weighted by Gasteiger charge is -2.08. The second-order valence-corrected chi connectivity index (χ2v) is 4.10. The molecular formula is C13H19N5. The summed E-state index contributed by atoms with van der Waals surface area (Å²) in [4.78, 5) is 9.11. The number of rotatable bonds is 5. The molecule has 96 valence electrons. The Bertz CT molecular complexity index is 518. The minimum atomic E-state index is 0.740. The van der Waals surface area contributed by atoms with Crippen LogP contribution in [0.4, 0.5) is 5.82 Å². The molecule has 1 N–H and O–H groups in total. The number of aromatic nitrogens is 4. The summed E-state index contributed by atoms with van der Waals surface area (Å²) in [6.45, 7) is 5.03. The molecule has 0 aliphatic rings. The Morgan fingerprint density at radius 2 is 2.11 bits per heavy atom. The van der Waals surface area contributed by atoms with Gasteiger partial charge in [0.2, 0.25) is 0 Å². The number of nitrogens with zero attached hydrogens (tertiary/aromatic N) is 4. The van der Waals surface area contributed by atoms with Crippen LogP contribution in [0.2, 0.25) is 0 Å². The summed E-state index contributed by atoms with van der Waals surface area (Å²) in [7, 11) is 1.87. The summed E-state index contributed by atoms with van der Waals surface area (Å²) in [6, 6.07) is 3.95. The van der Waals surface area contributed by atoms with Crippen LogP contribution in [-0.4, -0.2) is 26.8 Å². The fraction of sp³-hybridized carbons (Fsp3) is 0.462. The molecule has 0 aliphatic heterocycles. The highest BCUT2D eigenvalue weighted by atomic mass is 15.3. The van der Waals surface area contributed by atoms with Crippen molar-refractivity contribution in [2.45, 2.75) is 33.2 Å². The van der Waals surface area contributed by atoms with Gasteiger partial charge in [-0.2, -0.15) is 5.10 Å². The average molecular weight is 245 g/mol. The van der Waals surface area contributed by atoms with Gasteiger partial charge in [0.05, 0.1) is 0 Å². The molecule has 0 saturated carbocycles. The molecule has 5 heteroatoms. The number of hydrogen-bond donors (Lipinski definition) is 1. The van der Waals surface area contributed by atoms with Gasteiger partial charge in [0.25, 0.3) is 0 Å². The molecule has 2 rings (SSSR count). The van der Waals surface area contributed by atoms with E-state index in [9.17, 15) is 0 Å². The zero-order chi connectivity index (χ0) is 13.0. The van der Waals surface area contributed by atoms with E-state index in [1.54, 1.807) is 6.20 Å².